The number of nitrogens with zero attached hydrogens (tertiary/aromatic N) is 4. The molecule has 8 heteroatoms. The summed E-state index contributed by atoms with van der Waals surface area (Å²) in [7, 11) is 1.68. The van der Waals surface area contributed by atoms with Gasteiger partial charge in [0.1, 0.15) is 0 Å². The molecule has 0 aliphatic carbocycles. The summed E-state index contributed by atoms with van der Waals surface area (Å²) in [4.78, 5) is 26.7. The molecule has 4 rings (SSSR count). The molecule has 3 heterocycles. The SMILES string of the molecule is Cn1c(=O)[nH]c2cc(C(=O)NCc3nnc4ccccn34)ccc21. The lowest BCUT2D eigenvalue weighted by Gasteiger charge is -2.04. The summed E-state index contributed by atoms with van der Waals surface area (Å²) in [5.74, 6) is 0.405. The highest BCUT2D eigenvalue weighted by atomic mass is 16.2. The first-order valence-electron chi connectivity index (χ1n) is 7.39. The number of aromatic nitrogens is 5. The van der Waals surface area contributed by atoms with Gasteiger partial charge in [-0.25, -0.2) is 4.79 Å². The molecule has 0 atom stereocenters. The van der Waals surface area contributed by atoms with E-state index in [-0.39, 0.29) is 18.1 Å². The summed E-state index contributed by atoms with van der Waals surface area (Å²) in [6.07, 6.45) is 1.84. The zero-order chi connectivity index (χ0) is 16.7. The first-order valence-corrected chi connectivity index (χ1v) is 7.39. The zero-order valence-electron chi connectivity index (χ0n) is 12.9. The van der Waals surface area contributed by atoms with E-state index in [1.165, 1.54) is 4.57 Å². The van der Waals surface area contributed by atoms with Crippen molar-refractivity contribution in [2.45, 2.75) is 6.54 Å². The number of fused-ring (bicyclic) bond motifs is 2. The molecule has 24 heavy (non-hydrogen) atoms. The van der Waals surface area contributed by atoms with Crippen LogP contribution in [0.15, 0.2) is 47.4 Å². The molecule has 8 nitrogen and oxygen atoms in total. The van der Waals surface area contributed by atoms with E-state index in [2.05, 4.69) is 20.5 Å². The van der Waals surface area contributed by atoms with Gasteiger partial charge < -0.3 is 10.3 Å². The number of benzene rings is 1. The summed E-state index contributed by atoms with van der Waals surface area (Å²) in [5, 5.41) is 10.9. The second-order valence-corrected chi connectivity index (χ2v) is 5.45. The third-order valence-electron chi connectivity index (χ3n) is 3.96. The van der Waals surface area contributed by atoms with Crippen molar-refractivity contribution in [3.8, 4) is 0 Å². The van der Waals surface area contributed by atoms with Crippen molar-refractivity contribution < 1.29 is 4.79 Å². The number of nitrogens with one attached hydrogen (secondary N) is 2. The van der Waals surface area contributed by atoms with Crippen molar-refractivity contribution in [1.29, 1.82) is 0 Å². The number of carbonyl (C=O) groups excluding carboxylic acids is 1. The standard InChI is InChI=1S/C16H14N6O2/c1-21-12-6-5-10(8-11(12)18-16(21)24)15(23)17-9-14-20-19-13-4-2-3-7-22(13)14/h2-8H,9H2,1H3,(H,17,23)(H,18,24). The van der Waals surface area contributed by atoms with Gasteiger partial charge in [-0.1, -0.05) is 6.07 Å². The number of imidazole rings is 1. The maximum Gasteiger partial charge on any atom is 0.326 e. The number of hydrogen-bond acceptors (Lipinski definition) is 4. The van der Waals surface area contributed by atoms with Crippen LogP contribution >= 0.6 is 0 Å². The summed E-state index contributed by atoms with van der Waals surface area (Å²) >= 11 is 0. The van der Waals surface area contributed by atoms with E-state index in [1.807, 2.05) is 28.8 Å². The Morgan fingerprint density at radius 3 is 3.00 bits per heavy atom. The molecule has 0 spiro atoms. The van der Waals surface area contributed by atoms with E-state index in [0.717, 1.165) is 11.2 Å². The first-order chi connectivity index (χ1) is 11.6. The Bertz CT molecular complexity index is 1120. The number of H-pyrrole nitrogens is 1. The van der Waals surface area contributed by atoms with Crippen LogP contribution in [0.25, 0.3) is 16.7 Å². The van der Waals surface area contributed by atoms with Crippen molar-refractivity contribution in [3.63, 3.8) is 0 Å². The van der Waals surface area contributed by atoms with Gasteiger partial charge in [-0.3, -0.25) is 13.8 Å². The largest absolute Gasteiger partial charge is 0.345 e. The Kier molecular flexibility index (Phi) is 3.16. The predicted molar refractivity (Wildman–Crippen MR) is 87.7 cm³/mol. The minimum Gasteiger partial charge on any atom is -0.345 e. The number of hydrogen-bond donors (Lipinski definition) is 2. The lowest BCUT2D eigenvalue weighted by molar-refractivity contribution is 0.0950. The molecule has 0 fully saturated rings. The van der Waals surface area contributed by atoms with Gasteiger partial charge in [0.25, 0.3) is 5.91 Å². The molecule has 0 aliphatic heterocycles. The summed E-state index contributed by atoms with van der Waals surface area (Å²) < 4.78 is 3.32. The van der Waals surface area contributed by atoms with E-state index in [1.54, 1.807) is 25.2 Å². The molecule has 2 N–H and O–H groups in total. The monoisotopic (exact) mass is 322 g/mol. The normalized spacial score (nSPS) is 11.2. The van der Waals surface area contributed by atoms with Crippen LogP contribution in [0.5, 0.6) is 0 Å². The summed E-state index contributed by atoms with van der Waals surface area (Å²) in [6.45, 7) is 0.257. The molecule has 0 saturated heterocycles. The van der Waals surface area contributed by atoms with Gasteiger partial charge in [0.2, 0.25) is 0 Å². The van der Waals surface area contributed by atoms with E-state index in [9.17, 15) is 9.59 Å². The zero-order valence-corrected chi connectivity index (χ0v) is 12.9. The fraction of sp³-hybridized carbons (Fsp3) is 0.125. The molecule has 3 aromatic heterocycles. The fourth-order valence-electron chi connectivity index (χ4n) is 2.65. The number of carbonyl (C=O) groups is 1. The van der Waals surface area contributed by atoms with Crippen LogP contribution in [0, 0.1) is 0 Å². The maximum absolute atomic E-state index is 12.3. The Morgan fingerprint density at radius 2 is 2.12 bits per heavy atom. The van der Waals surface area contributed by atoms with Gasteiger partial charge in [-0.15, -0.1) is 10.2 Å². The first kappa shape index (κ1) is 14.2. The Morgan fingerprint density at radius 1 is 1.25 bits per heavy atom. The lowest BCUT2D eigenvalue weighted by atomic mass is 10.2. The Labute approximate surface area is 135 Å². The van der Waals surface area contributed by atoms with E-state index < -0.39 is 0 Å². The molecule has 1 amide bonds. The molecule has 0 unspecified atom stereocenters. The highest BCUT2D eigenvalue weighted by Crippen LogP contribution is 2.12. The van der Waals surface area contributed by atoms with Crippen LogP contribution in [0.3, 0.4) is 0 Å². The van der Waals surface area contributed by atoms with Crippen molar-refractivity contribution in [1.82, 2.24) is 29.5 Å². The molecular weight excluding hydrogens is 308 g/mol. The molecule has 0 aliphatic rings. The number of aryl methyl sites for hydroxylation is 1. The number of rotatable bonds is 3. The highest BCUT2D eigenvalue weighted by Gasteiger charge is 2.11. The lowest BCUT2D eigenvalue weighted by Crippen LogP contribution is -2.24. The van der Waals surface area contributed by atoms with Crippen molar-refractivity contribution >= 4 is 22.6 Å². The van der Waals surface area contributed by atoms with Gasteiger partial charge in [-0.05, 0) is 30.3 Å². The molecular formula is C16H14N6O2. The Hall–Kier alpha value is -3.42. The summed E-state index contributed by atoms with van der Waals surface area (Å²) in [6, 6.07) is 10.7. The predicted octanol–water partition coefficient (Wildman–Crippen LogP) is 0.839. The smallest absolute Gasteiger partial charge is 0.326 e. The molecule has 1 aromatic carbocycles. The highest BCUT2D eigenvalue weighted by molar-refractivity contribution is 5.97. The second kappa shape index (κ2) is 5.34. The van der Waals surface area contributed by atoms with Crippen LogP contribution < -0.4 is 11.0 Å². The van der Waals surface area contributed by atoms with E-state index in [0.29, 0.717) is 16.9 Å². The van der Waals surface area contributed by atoms with E-state index in [4.69, 9.17) is 0 Å². The van der Waals surface area contributed by atoms with Crippen LogP contribution in [-0.4, -0.2) is 30.1 Å². The third-order valence-corrected chi connectivity index (χ3v) is 3.96. The van der Waals surface area contributed by atoms with Crippen molar-refractivity contribution in [2.75, 3.05) is 0 Å². The molecule has 120 valence electrons. The molecule has 0 saturated carbocycles. The minimum absolute atomic E-state index is 0.211. The Balaban J connectivity index is 1.57. The van der Waals surface area contributed by atoms with Gasteiger partial charge in [-0.2, -0.15) is 0 Å². The van der Waals surface area contributed by atoms with Gasteiger partial charge >= 0.3 is 5.69 Å². The molecule has 4 aromatic rings. The van der Waals surface area contributed by atoms with Crippen LogP contribution in [-0.2, 0) is 13.6 Å². The van der Waals surface area contributed by atoms with E-state index >= 15 is 0 Å². The number of aromatic amines is 1. The average molecular weight is 322 g/mol. The minimum atomic E-state index is -0.241. The average Bonchev–Trinajstić information content (AvgIpc) is 3.14. The molecule has 0 radical (unpaired) electrons. The summed E-state index contributed by atoms with van der Waals surface area (Å²) in [5.41, 5.74) is 2.36. The van der Waals surface area contributed by atoms with Gasteiger partial charge in [0.15, 0.2) is 11.5 Å². The topological polar surface area (TPSA) is 97.1 Å². The second-order valence-electron chi connectivity index (χ2n) is 5.45. The van der Waals surface area contributed by atoms with Gasteiger partial charge in [0, 0.05) is 18.8 Å². The number of amides is 1. The third kappa shape index (κ3) is 2.24. The number of pyridine rings is 1. The van der Waals surface area contributed by atoms with Crippen LogP contribution in [0.2, 0.25) is 0 Å². The van der Waals surface area contributed by atoms with Gasteiger partial charge in [0.05, 0.1) is 17.6 Å². The maximum atomic E-state index is 12.3. The van der Waals surface area contributed by atoms with Crippen molar-refractivity contribution in [2.24, 2.45) is 7.05 Å². The fourth-order valence-corrected chi connectivity index (χ4v) is 2.65. The van der Waals surface area contributed by atoms with Crippen molar-refractivity contribution in [3.05, 3.63) is 64.5 Å². The van der Waals surface area contributed by atoms with Crippen LogP contribution in [0.4, 0.5) is 0 Å². The molecule has 0 bridgehead atoms. The van der Waals surface area contributed by atoms with Crippen LogP contribution in [0.1, 0.15) is 16.2 Å². The quantitative estimate of drug-likeness (QED) is 0.584.